The molecule has 0 N–H and O–H groups in total. The van der Waals surface area contributed by atoms with Crippen LogP contribution in [0, 0.1) is 0 Å². The number of rotatable bonds is 1. The zero-order valence-corrected chi connectivity index (χ0v) is 10.4. The average molecular weight is 322 g/mol. The average Bonchev–Trinajstić information content (AvgIpc) is 1.38. The third kappa shape index (κ3) is 5.16. The standard InChI is InChI=1S/C3H5.BrH.Hg/c1-3-2;;/h1H2,2H3;1H;/q;;+1/p-1. The number of hydrogen-bond donors (Lipinski definition) is 0. The van der Waals surface area contributed by atoms with Crippen LogP contribution < -0.4 is 0 Å². The molecule has 0 radical (unpaired) electrons. The monoisotopic (exact) mass is 322 g/mol. The summed E-state index contributed by atoms with van der Waals surface area (Å²) >= 11 is 2.83. The van der Waals surface area contributed by atoms with Gasteiger partial charge in [0.25, 0.3) is 0 Å². The molecule has 0 aromatic rings. The molecular formula is C3H5BrHg. The molecule has 0 aliphatic heterocycles. The van der Waals surface area contributed by atoms with Crippen molar-refractivity contribution in [3.8, 4) is 0 Å². The first-order chi connectivity index (χ1) is 2.27. The fraction of sp³-hybridized carbons (Fsp3) is 0.333. The molecule has 0 saturated carbocycles. The van der Waals surface area contributed by atoms with Gasteiger partial charge in [0.1, 0.15) is 0 Å². The van der Waals surface area contributed by atoms with Crippen LogP contribution in [0.25, 0.3) is 0 Å². The van der Waals surface area contributed by atoms with E-state index < -0.39 is 22.1 Å². The fourth-order valence-electron chi connectivity index (χ4n) is 0. The van der Waals surface area contributed by atoms with Crippen molar-refractivity contribution in [1.29, 1.82) is 0 Å². The van der Waals surface area contributed by atoms with E-state index >= 15 is 0 Å². The van der Waals surface area contributed by atoms with E-state index in [1.54, 1.807) is 0 Å². The normalized spacial score (nSPS) is 6.00. The van der Waals surface area contributed by atoms with Crippen molar-refractivity contribution < 1.29 is 22.1 Å². The van der Waals surface area contributed by atoms with Gasteiger partial charge >= 0.3 is 50.6 Å². The first-order valence-electron chi connectivity index (χ1n) is 1.47. The van der Waals surface area contributed by atoms with E-state index in [9.17, 15) is 0 Å². The van der Waals surface area contributed by atoms with Crippen LogP contribution in [0.2, 0.25) is 0 Å². The van der Waals surface area contributed by atoms with Gasteiger partial charge in [-0.3, -0.25) is 0 Å². The van der Waals surface area contributed by atoms with Crippen LogP contribution in [0.15, 0.2) is 9.66 Å². The second-order valence-corrected chi connectivity index (χ2v) is 11.7. The van der Waals surface area contributed by atoms with Crippen molar-refractivity contribution in [1.82, 2.24) is 0 Å². The molecule has 0 rings (SSSR count). The van der Waals surface area contributed by atoms with E-state index in [-0.39, 0.29) is 0 Å². The first-order valence-corrected chi connectivity index (χ1v) is 16.1. The second kappa shape index (κ2) is 3.35. The van der Waals surface area contributed by atoms with Gasteiger partial charge in [0.05, 0.1) is 0 Å². The van der Waals surface area contributed by atoms with Gasteiger partial charge in [-0.1, -0.05) is 0 Å². The van der Waals surface area contributed by atoms with Gasteiger partial charge < -0.3 is 0 Å². The molecule has 0 bridgehead atoms. The summed E-state index contributed by atoms with van der Waals surface area (Å²) in [5, 5.41) is 0. The predicted molar refractivity (Wildman–Crippen MR) is 23.7 cm³/mol. The molecule has 0 nitrogen and oxygen atoms in total. The molecule has 0 aromatic carbocycles. The van der Waals surface area contributed by atoms with Crippen LogP contribution in [0.1, 0.15) is 6.92 Å². The van der Waals surface area contributed by atoms with E-state index in [2.05, 4.69) is 25.4 Å². The Bertz CT molecular complexity index is 42.2. The summed E-state index contributed by atoms with van der Waals surface area (Å²) in [5.74, 6) is 0. The molecule has 2 heteroatoms. The molecular weight excluding hydrogens is 317 g/mol. The zero-order valence-electron chi connectivity index (χ0n) is 3.29. The van der Waals surface area contributed by atoms with Gasteiger partial charge in [-0.2, -0.15) is 0 Å². The Morgan fingerprint density at radius 1 is 2.00 bits per heavy atom. The van der Waals surface area contributed by atoms with Crippen molar-refractivity contribution in [3.63, 3.8) is 0 Å². The molecule has 0 fully saturated rings. The quantitative estimate of drug-likeness (QED) is 0.647. The van der Waals surface area contributed by atoms with E-state index in [0.29, 0.717) is 0 Å². The second-order valence-electron chi connectivity index (χ2n) is 1.09. The summed E-state index contributed by atoms with van der Waals surface area (Å²) in [5.41, 5.74) is 0. The molecule has 0 saturated heterocycles. The molecule has 0 unspecified atom stereocenters. The van der Waals surface area contributed by atoms with E-state index in [1.165, 1.54) is 3.08 Å². The van der Waals surface area contributed by atoms with Crippen LogP contribution in [0.3, 0.4) is 0 Å². The Labute approximate surface area is 50.3 Å². The maximum atomic E-state index is 3.73. The van der Waals surface area contributed by atoms with Crippen molar-refractivity contribution in [2.75, 3.05) is 0 Å². The van der Waals surface area contributed by atoms with Crippen molar-refractivity contribution in [2.45, 2.75) is 6.92 Å². The van der Waals surface area contributed by atoms with Gasteiger partial charge in [-0.15, -0.1) is 0 Å². The van der Waals surface area contributed by atoms with Crippen LogP contribution in [-0.4, -0.2) is 0 Å². The Hall–Kier alpha value is 1.16. The van der Waals surface area contributed by atoms with Gasteiger partial charge in [-0.05, 0) is 0 Å². The molecule has 0 heterocycles. The SMILES string of the molecule is C=[C](C)[Hg][Br]. The molecule has 0 spiro atoms. The topological polar surface area (TPSA) is 0 Å². The maximum absolute atomic E-state index is 3.73. The molecule has 0 atom stereocenters. The molecule has 0 amide bonds. The van der Waals surface area contributed by atoms with Crippen molar-refractivity contribution in [3.05, 3.63) is 9.66 Å². The Kier molecular flexibility index (Phi) is 4.12. The summed E-state index contributed by atoms with van der Waals surface area (Å²) in [7, 11) is 0. The number of halogens is 1. The van der Waals surface area contributed by atoms with E-state index in [1.807, 2.05) is 0 Å². The van der Waals surface area contributed by atoms with Crippen LogP contribution >= 0.6 is 11.9 Å². The van der Waals surface area contributed by atoms with Crippen molar-refractivity contribution in [2.24, 2.45) is 0 Å². The molecule has 26 valence electrons. The Balaban J connectivity index is 2.85. The van der Waals surface area contributed by atoms with Gasteiger partial charge in [0, 0.05) is 0 Å². The first kappa shape index (κ1) is 6.16. The summed E-state index contributed by atoms with van der Waals surface area (Å²) in [6, 6.07) is 0. The number of allylic oxidation sites excluding steroid dienone is 1. The van der Waals surface area contributed by atoms with E-state index in [0.717, 1.165) is 0 Å². The van der Waals surface area contributed by atoms with Gasteiger partial charge in [0.15, 0.2) is 0 Å². The summed E-state index contributed by atoms with van der Waals surface area (Å²) in [4.78, 5) is 0. The van der Waals surface area contributed by atoms with E-state index in [4.69, 9.17) is 0 Å². The third-order valence-corrected chi connectivity index (χ3v) is 10.4. The van der Waals surface area contributed by atoms with Crippen molar-refractivity contribution >= 4 is 11.9 Å². The molecule has 0 aliphatic carbocycles. The minimum absolute atomic E-state index is 0.607. The minimum atomic E-state index is -0.607. The molecule has 0 aromatic heterocycles. The molecule has 5 heavy (non-hydrogen) atoms. The van der Waals surface area contributed by atoms with Crippen LogP contribution in [0.5, 0.6) is 0 Å². The van der Waals surface area contributed by atoms with Gasteiger partial charge in [-0.25, -0.2) is 0 Å². The Morgan fingerprint density at radius 3 is 2.20 bits per heavy atom. The predicted octanol–water partition coefficient (Wildman–Crippen LogP) is 1.91. The summed E-state index contributed by atoms with van der Waals surface area (Å²) in [6.07, 6.45) is 0. The molecule has 0 aliphatic rings. The zero-order chi connectivity index (χ0) is 4.28. The van der Waals surface area contributed by atoms with Crippen LogP contribution in [0.4, 0.5) is 0 Å². The Morgan fingerprint density at radius 2 is 2.20 bits per heavy atom. The fourth-order valence-corrected chi connectivity index (χ4v) is 0. The van der Waals surface area contributed by atoms with Gasteiger partial charge in [0.2, 0.25) is 0 Å². The summed E-state index contributed by atoms with van der Waals surface area (Å²) in [6.45, 7) is 5.81. The summed E-state index contributed by atoms with van der Waals surface area (Å²) < 4.78 is 1.39. The van der Waals surface area contributed by atoms with Crippen LogP contribution in [-0.2, 0) is 22.1 Å². The third-order valence-electron chi connectivity index (χ3n) is 0.228. The number of hydrogen-bond acceptors (Lipinski definition) is 0.